The first-order chi connectivity index (χ1) is 13.4. The highest BCUT2D eigenvalue weighted by Gasteiger charge is 2.20. The maximum atomic E-state index is 12.0. The number of para-hydroxylation sites is 1. The molecule has 8 nitrogen and oxygen atoms in total. The molecule has 2 aromatic carbocycles. The van der Waals surface area contributed by atoms with Crippen molar-refractivity contribution >= 4 is 17.8 Å². The molecule has 0 aliphatic rings. The average molecular weight is 384 g/mol. The lowest BCUT2D eigenvalue weighted by Crippen LogP contribution is -2.42. The Bertz CT molecular complexity index is 820. The van der Waals surface area contributed by atoms with Crippen LogP contribution in [0.3, 0.4) is 0 Å². The lowest BCUT2D eigenvalue weighted by Gasteiger charge is -2.15. The second-order valence-corrected chi connectivity index (χ2v) is 6.14. The van der Waals surface area contributed by atoms with Gasteiger partial charge >= 0.3 is 5.97 Å². The van der Waals surface area contributed by atoms with Gasteiger partial charge in [0, 0.05) is 19.4 Å². The van der Waals surface area contributed by atoms with Gasteiger partial charge in [-0.15, -0.1) is 0 Å². The number of rotatable bonds is 10. The van der Waals surface area contributed by atoms with E-state index in [1.54, 1.807) is 24.3 Å². The van der Waals surface area contributed by atoms with Crippen molar-refractivity contribution in [1.82, 2.24) is 5.32 Å². The fourth-order valence-corrected chi connectivity index (χ4v) is 2.51. The molecule has 8 heteroatoms. The van der Waals surface area contributed by atoms with Crippen LogP contribution in [0.5, 0.6) is 11.5 Å². The number of carbonyl (C=O) groups is 2. The van der Waals surface area contributed by atoms with Crippen LogP contribution in [0.4, 0.5) is 0 Å². The maximum absolute atomic E-state index is 12.0. The Hall–Kier alpha value is -3.55. The molecule has 0 radical (unpaired) electrons. The fourth-order valence-electron chi connectivity index (χ4n) is 2.51. The summed E-state index contributed by atoms with van der Waals surface area (Å²) in [6.45, 7) is 0.312. The second kappa shape index (κ2) is 10.6. The molecule has 0 spiro atoms. The van der Waals surface area contributed by atoms with Crippen molar-refractivity contribution < 1.29 is 19.4 Å². The van der Waals surface area contributed by atoms with Crippen molar-refractivity contribution in [3.05, 3.63) is 60.2 Å². The summed E-state index contributed by atoms with van der Waals surface area (Å²) >= 11 is 0. The number of guanidine groups is 1. The fraction of sp³-hybridized carbons (Fsp3) is 0.250. The van der Waals surface area contributed by atoms with Crippen LogP contribution in [0.1, 0.15) is 18.4 Å². The average Bonchev–Trinajstić information content (AvgIpc) is 2.65. The molecule has 6 N–H and O–H groups in total. The molecular formula is C20H24N4O4. The Kier molecular flexibility index (Phi) is 7.83. The molecule has 0 aliphatic carbocycles. The molecule has 28 heavy (non-hydrogen) atoms. The standard InChI is InChI=1S/C20H24N4O4/c21-20(22)23-11-5-10-18(25)24-17(19(26)27)13-14-6-4-9-16(12-14)28-15-7-2-1-3-8-15/h1-4,6-9,12,17H,5,10-11,13H2,(H,24,25)(H,26,27)(H4,21,22,23). The molecule has 0 fully saturated rings. The van der Waals surface area contributed by atoms with Crippen LogP contribution in [0.15, 0.2) is 59.6 Å². The van der Waals surface area contributed by atoms with Crippen molar-refractivity contribution in [1.29, 1.82) is 0 Å². The minimum absolute atomic E-state index is 0.0403. The monoisotopic (exact) mass is 384 g/mol. The molecule has 2 rings (SSSR count). The van der Waals surface area contributed by atoms with E-state index in [2.05, 4.69) is 10.3 Å². The number of carbonyl (C=O) groups excluding carboxylic acids is 1. The Morgan fingerprint density at radius 2 is 1.79 bits per heavy atom. The third kappa shape index (κ3) is 7.36. The van der Waals surface area contributed by atoms with Gasteiger partial charge in [0.15, 0.2) is 5.96 Å². The topological polar surface area (TPSA) is 140 Å². The number of amides is 1. The first-order valence-corrected chi connectivity index (χ1v) is 8.83. The van der Waals surface area contributed by atoms with Crippen LogP contribution >= 0.6 is 0 Å². The molecule has 0 bridgehead atoms. The minimum Gasteiger partial charge on any atom is -0.480 e. The highest BCUT2D eigenvalue weighted by Crippen LogP contribution is 2.22. The zero-order chi connectivity index (χ0) is 20.4. The van der Waals surface area contributed by atoms with Gasteiger partial charge in [0.2, 0.25) is 5.91 Å². The molecule has 0 heterocycles. The van der Waals surface area contributed by atoms with Gasteiger partial charge in [0.25, 0.3) is 0 Å². The van der Waals surface area contributed by atoms with Crippen molar-refractivity contribution in [2.24, 2.45) is 16.5 Å². The SMILES string of the molecule is NC(N)=NCCCC(=O)NC(Cc1cccc(Oc2ccccc2)c1)C(=O)O. The lowest BCUT2D eigenvalue weighted by atomic mass is 10.1. The first-order valence-electron chi connectivity index (χ1n) is 8.83. The van der Waals surface area contributed by atoms with Crippen LogP contribution in [0, 0.1) is 0 Å². The number of carboxylic acid groups (broad SMARTS) is 1. The Labute approximate surface area is 163 Å². The van der Waals surface area contributed by atoms with Gasteiger partial charge in [-0.25, -0.2) is 4.79 Å². The zero-order valence-electron chi connectivity index (χ0n) is 15.4. The number of aliphatic imine (C=N–C) groups is 1. The molecule has 0 saturated heterocycles. The van der Waals surface area contributed by atoms with E-state index in [0.717, 1.165) is 5.56 Å². The van der Waals surface area contributed by atoms with Gasteiger partial charge in [-0.05, 0) is 36.2 Å². The summed E-state index contributed by atoms with van der Waals surface area (Å²) in [6, 6.07) is 15.4. The van der Waals surface area contributed by atoms with E-state index in [-0.39, 0.29) is 24.7 Å². The van der Waals surface area contributed by atoms with Crippen LogP contribution in [-0.2, 0) is 16.0 Å². The quantitative estimate of drug-likeness (QED) is 0.279. The van der Waals surface area contributed by atoms with Gasteiger partial charge in [-0.1, -0.05) is 30.3 Å². The van der Waals surface area contributed by atoms with Crippen LogP contribution in [-0.4, -0.2) is 35.5 Å². The smallest absolute Gasteiger partial charge is 0.326 e. The third-order valence-electron chi connectivity index (χ3n) is 3.81. The molecule has 148 valence electrons. The summed E-state index contributed by atoms with van der Waals surface area (Å²) in [6.07, 6.45) is 0.704. The number of carboxylic acids is 1. The van der Waals surface area contributed by atoms with Gasteiger partial charge in [0.1, 0.15) is 17.5 Å². The second-order valence-electron chi connectivity index (χ2n) is 6.14. The van der Waals surface area contributed by atoms with E-state index < -0.39 is 12.0 Å². The van der Waals surface area contributed by atoms with Crippen molar-refractivity contribution in [2.45, 2.75) is 25.3 Å². The van der Waals surface area contributed by atoms with Gasteiger partial charge in [0.05, 0.1) is 0 Å². The van der Waals surface area contributed by atoms with Gasteiger partial charge in [-0.3, -0.25) is 9.79 Å². The van der Waals surface area contributed by atoms with E-state index in [9.17, 15) is 14.7 Å². The molecule has 1 amide bonds. The number of benzene rings is 2. The molecule has 0 saturated carbocycles. The van der Waals surface area contributed by atoms with E-state index in [0.29, 0.717) is 24.5 Å². The van der Waals surface area contributed by atoms with E-state index in [1.165, 1.54) is 0 Å². The molecule has 2 aromatic rings. The highest BCUT2D eigenvalue weighted by molar-refractivity contribution is 5.83. The molecule has 1 unspecified atom stereocenters. The largest absolute Gasteiger partial charge is 0.480 e. The third-order valence-corrected chi connectivity index (χ3v) is 3.81. The molecule has 0 aliphatic heterocycles. The Morgan fingerprint density at radius 1 is 1.07 bits per heavy atom. The number of aliphatic carboxylic acids is 1. The predicted octanol–water partition coefficient (Wildman–Crippen LogP) is 1.64. The summed E-state index contributed by atoms with van der Waals surface area (Å²) in [4.78, 5) is 27.3. The normalized spacial score (nSPS) is 11.3. The van der Waals surface area contributed by atoms with Crippen LogP contribution in [0.25, 0.3) is 0 Å². The summed E-state index contributed by atoms with van der Waals surface area (Å²) in [5, 5.41) is 12.0. The maximum Gasteiger partial charge on any atom is 0.326 e. The lowest BCUT2D eigenvalue weighted by molar-refractivity contribution is -0.141. The molecular weight excluding hydrogens is 360 g/mol. The number of hydrogen-bond acceptors (Lipinski definition) is 4. The highest BCUT2D eigenvalue weighted by atomic mass is 16.5. The number of nitrogens with two attached hydrogens (primary N) is 2. The van der Waals surface area contributed by atoms with Crippen molar-refractivity contribution in [2.75, 3.05) is 6.54 Å². The summed E-state index contributed by atoms with van der Waals surface area (Å²) < 4.78 is 5.76. The number of hydrogen-bond donors (Lipinski definition) is 4. The van der Waals surface area contributed by atoms with Gasteiger partial charge in [-0.2, -0.15) is 0 Å². The molecule has 0 aromatic heterocycles. The Morgan fingerprint density at radius 3 is 2.46 bits per heavy atom. The first kappa shape index (κ1) is 20.8. The Balaban J connectivity index is 1.94. The van der Waals surface area contributed by atoms with Crippen molar-refractivity contribution in [3.63, 3.8) is 0 Å². The van der Waals surface area contributed by atoms with E-state index in [4.69, 9.17) is 16.2 Å². The van der Waals surface area contributed by atoms with Gasteiger partial charge < -0.3 is 26.6 Å². The van der Waals surface area contributed by atoms with Crippen molar-refractivity contribution in [3.8, 4) is 11.5 Å². The summed E-state index contributed by atoms with van der Waals surface area (Å²) in [7, 11) is 0. The van der Waals surface area contributed by atoms with Crippen LogP contribution in [0.2, 0.25) is 0 Å². The van der Waals surface area contributed by atoms with Crippen LogP contribution < -0.4 is 21.5 Å². The van der Waals surface area contributed by atoms with E-state index in [1.807, 2.05) is 30.3 Å². The minimum atomic E-state index is -1.10. The zero-order valence-corrected chi connectivity index (χ0v) is 15.4. The number of nitrogens with one attached hydrogen (secondary N) is 1. The summed E-state index contributed by atoms with van der Waals surface area (Å²) in [5.41, 5.74) is 11.2. The number of ether oxygens (including phenoxy) is 1. The van der Waals surface area contributed by atoms with E-state index >= 15 is 0 Å². The molecule has 1 atom stereocenters. The number of nitrogens with zero attached hydrogens (tertiary/aromatic N) is 1. The predicted molar refractivity (Wildman–Crippen MR) is 106 cm³/mol. The summed E-state index contributed by atoms with van der Waals surface area (Å²) in [5.74, 6) is -0.233.